The fourth-order valence-electron chi connectivity index (χ4n) is 1.53. The lowest BCUT2D eigenvalue weighted by atomic mass is 10.1. The Morgan fingerprint density at radius 1 is 1.50 bits per heavy atom. The van der Waals surface area contributed by atoms with Crippen LogP contribution in [-0.4, -0.2) is 15.6 Å². The minimum absolute atomic E-state index is 0.123. The van der Waals surface area contributed by atoms with Gasteiger partial charge in [0.2, 0.25) is 0 Å². The van der Waals surface area contributed by atoms with Crippen molar-refractivity contribution in [3.63, 3.8) is 0 Å². The van der Waals surface area contributed by atoms with Crippen molar-refractivity contribution in [2.24, 2.45) is 12.8 Å². The molecule has 0 fully saturated rings. The minimum Gasteiger partial charge on any atom is -0.384 e. The third kappa shape index (κ3) is 3.10. The molecule has 0 radical (unpaired) electrons. The highest BCUT2D eigenvalue weighted by Gasteiger charge is 2.05. The van der Waals surface area contributed by atoms with Gasteiger partial charge in [-0.15, -0.1) is 11.8 Å². The van der Waals surface area contributed by atoms with E-state index in [9.17, 15) is 4.39 Å². The molecule has 94 valence electrons. The number of nitrogen functional groups attached to an aromatic ring is 1. The SMILES string of the molecule is Cn1cc(SCc2cc(F)cc(C(=N)N)c2)cn1. The maximum atomic E-state index is 13.3. The number of rotatable bonds is 4. The number of hydrogen-bond donors (Lipinski definition) is 2. The molecule has 1 aromatic carbocycles. The number of nitrogens with two attached hydrogens (primary N) is 1. The van der Waals surface area contributed by atoms with E-state index in [1.807, 2.05) is 13.2 Å². The number of thioether (sulfide) groups is 1. The number of halogens is 1. The van der Waals surface area contributed by atoms with Crippen molar-refractivity contribution in [1.82, 2.24) is 9.78 Å². The van der Waals surface area contributed by atoms with Gasteiger partial charge in [-0.3, -0.25) is 10.1 Å². The van der Waals surface area contributed by atoms with Crippen LogP contribution in [0.1, 0.15) is 11.1 Å². The molecule has 0 saturated heterocycles. The summed E-state index contributed by atoms with van der Waals surface area (Å²) in [6.45, 7) is 0. The summed E-state index contributed by atoms with van der Waals surface area (Å²) < 4.78 is 15.1. The highest BCUT2D eigenvalue weighted by atomic mass is 32.2. The van der Waals surface area contributed by atoms with Crippen molar-refractivity contribution in [1.29, 1.82) is 5.41 Å². The molecule has 0 spiro atoms. The molecular formula is C12H13FN4S. The standard InChI is InChI=1S/C12H13FN4S/c1-17-6-11(5-16-17)18-7-8-2-9(12(14)15)4-10(13)3-8/h2-6H,7H2,1H3,(H3,14,15). The van der Waals surface area contributed by atoms with Crippen LogP contribution in [-0.2, 0) is 12.8 Å². The number of nitrogens with zero attached hydrogens (tertiary/aromatic N) is 2. The van der Waals surface area contributed by atoms with Crippen LogP contribution in [0, 0.1) is 11.2 Å². The molecule has 1 aromatic heterocycles. The van der Waals surface area contributed by atoms with Gasteiger partial charge in [-0.1, -0.05) is 0 Å². The maximum Gasteiger partial charge on any atom is 0.124 e. The van der Waals surface area contributed by atoms with Gasteiger partial charge >= 0.3 is 0 Å². The van der Waals surface area contributed by atoms with Crippen LogP contribution in [0.3, 0.4) is 0 Å². The van der Waals surface area contributed by atoms with Crippen LogP contribution in [0.2, 0.25) is 0 Å². The maximum absolute atomic E-state index is 13.3. The van der Waals surface area contributed by atoms with E-state index in [1.54, 1.807) is 28.7 Å². The quantitative estimate of drug-likeness (QED) is 0.505. The highest BCUT2D eigenvalue weighted by Crippen LogP contribution is 2.23. The van der Waals surface area contributed by atoms with Crippen molar-refractivity contribution in [2.45, 2.75) is 10.6 Å². The van der Waals surface area contributed by atoms with E-state index >= 15 is 0 Å². The molecule has 4 nitrogen and oxygen atoms in total. The molecular weight excluding hydrogens is 251 g/mol. The van der Waals surface area contributed by atoms with Gasteiger partial charge in [0.1, 0.15) is 11.7 Å². The summed E-state index contributed by atoms with van der Waals surface area (Å²) in [5.41, 5.74) is 6.57. The zero-order valence-electron chi connectivity index (χ0n) is 9.85. The minimum atomic E-state index is -0.371. The molecule has 0 aliphatic carbocycles. The molecule has 0 amide bonds. The van der Waals surface area contributed by atoms with Crippen molar-refractivity contribution in [2.75, 3.05) is 0 Å². The number of nitrogens with one attached hydrogen (secondary N) is 1. The highest BCUT2D eigenvalue weighted by molar-refractivity contribution is 7.98. The first kappa shape index (κ1) is 12.6. The van der Waals surface area contributed by atoms with Crippen molar-refractivity contribution in [3.05, 3.63) is 47.5 Å². The summed E-state index contributed by atoms with van der Waals surface area (Å²) >= 11 is 1.56. The normalized spacial score (nSPS) is 10.6. The third-order valence-corrected chi connectivity index (χ3v) is 3.38. The molecule has 0 saturated carbocycles. The predicted molar refractivity (Wildman–Crippen MR) is 70.2 cm³/mol. The molecule has 3 N–H and O–H groups in total. The lowest BCUT2D eigenvalue weighted by Crippen LogP contribution is -2.11. The largest absolute Gasteiger partial charge is 0.384 e. The Bertz CT molecular complexity index is 579. The van der Waals surface area contributed by atoms with Crippen LogP contribution in [0.5, 0.6) is 0 Å². The Labute approximate surface area is 109 Å². The van der Waals surface area contributed by atoms with Gasteiger partial charge in [-0.25, -0.2) is 4.39 Å². The Morgan fingerprint density at radius 3 is 2.89 bits per heavy atom. The zero-order valence-corrected chi connectivity index (χ0v) is 10.7. The molecule has 0 unspecified atom stereocenters. The van der Waals surface area contributed by atoms with E-state index in [1.165, 1.54) is 12.1 Å². The Balaban J connectivity index is 2.11. The van der Waals surface area contributed by atoms with Crippen LogP contribution in [0.15, 0.2) is 35.5 Å². The number of amidine groups is 1. The van der Waals surface area contributed by atoms with Gasteiger partial charge in [-0.2, -0.15) is 5.10 Å². The molecule has 18 heavy (non-hydrogen) atoms. The predicted octanol–water partition coefficient (Wildman–Crippen LogP) is 2.14. The fraction of sp³-hybridized carbons (Fsp3) is 0.167. The summed E-state index contributed by atoms with van der Waals surface area (Å²) in [7, 11) is 1.85. The van der Waals surface area contributed by atoms with Crippen molar-refractivity contribution in [3.8, 4) is 0 Å². The lowest BCUT2D eigenvalue weighted by Gasteiger charge is -2.04. The average molecular weight is 264 g/mol. The van der Waals surface area contributed by atoms with Gasteiger partial charge in [-0.05, 0) is 23.8 Å². The summed E-state index contributed by atoms with van der Waals surface area (Å²) in [6.07, 6.45) is 3.66. The number of benzene rings is 1. The second-order valence-electron chi connectivity index (χ2n) is 3.90. The topological polar surface area (TPSA) is 67.7 Å². The molecule has 2 aromatic rings. The van der Waals surface area contributed by atoms with E-state index in [2.05, 4.69) is 5.10 Å². The van der Waals surface area contributed by atoms with Crippen LogP contribution < -0.4 is 5.73 Å². The van der Waals surface area contributed by atoms with Gasteiger partial charge < -0.3 is 5.73 Å². The summed E-state index contributed by atoms with van der Waals surface area (Å²) in [4.78, 5) is 1.02. The van der Waals surface area contributed by atoms with Crippen molar-refractivity contribution < 1.29 is 4.39 Å². The zero-order chi connectivity index (χ0) is 13.1. The van der Waals surface area contributed by atoms with Crippen LogP contribution >= 0.6 is 11.8 Å². The van der Waals surface area contributed by atoms with Crippen molar-refractivity contribution >= 4 is 17.6 Å². The second-order valence-corrected chi connectivity index (χ2v) is 4.95. The molecule has 0 bridgehead atoms. The number of aryl methyl sites for hydroxylation is 1. The van der Waals surface area contributed by atoms with E-state index < -0.39 is 0 Å². The van der Waals surface area contributed by atoms with E-state index in [4.69, 9.17) is 11.1 Å². The third-order valence-electron chi connectivity index (χ3n) is 2.36. The monoisotopic (exact) mass is 264 g/mol. The summed E-state index contributed by atoms with van der Waals surface area (Å²) in [6, 6.07) is 4.45. The first-order chi connectivity index (χ1) is 8.54. The van der Waals surface area contributed by atoms with E-state index in [0.29, 0.717) is 11.3 Å². The summed E-state index contributed by atoms with van der Waals surface area (Å²) in [5, 5.41) is 11.4. The Hall–Kier alpha value is -1.82. The molecule has 0 aliphatic heterocycles. The second kappa shape index (κ2) is 5.22. The first-order valence-electron chi connectivity index (χ1n) is 5.30. The summed E-state index contributed by atoms with van der Waals surface area (Å²) in [5.74, 6) is 0.121. The van der Waals surface area contributed by atoms with Gasteiger partial charge in [0.25, 0.3) is 0 Å². The van der Waals surface area contributed by atoms with Gasteiger partial charge in [0, 0.05) is 29.5 Å². The van der Waals surface area contributed by atoms with Gasteiger partial charge in [0.15, 0.2) is 0 Å². The van der Waals surface area contributed by atoms with Crippen LogP contribution in [0.25, 0.3) is 0 Å². The van der Waals surface area contributed by atoms with E-state index in [-0.39, 0.29) is 11.7 Å². The molecule has 2 rings (SSSR count). The number of hydrogen-bond acceptors (Lipinski definition) is 3. The van der Waals surface area contributed by atoms with Gasteiger partial charge in [0.05, 0.1) is 6.20 Å². The lowest BCUT2D eigenvalue weighted by molar-refractivity contribution is 0.626. The number of aromatic nitrogens is 2. The Morgan fingerprint density at radius 2 is 2.28 bits per heavy atom. The average Bonchev–Trinajstić information content (AvgIpc) is 2.72. The fourth-order valence-corrected chi connectivity index (χ4v) is 2.38. The molecule has 6 heteroatoms. The van der Waals surface area contributed by atoms with Crippen LogP contribution in [0.4, 0.5) is 4.39 Å². The first-order valence-corrected chi connectivity index (χ1v) is 6.28. The molecule has 0 atom stereocenters. The molecule has 0 aliphatic rings. The molecule has 1 heterocycles. The smallest absolute Gasteiger partial charge is 0.124 e. The van der Waals surface area contributed by atoms with E-state index in [0.717, 1.165) is 10.5 Å². The Kier molecular flexibility index (Phi) is 3.66.